The maximum Gasteiger partial charge on any atom is 0.0597 e. The van der Waals surface area contributed by atoms with Crippen molar-refractivity contribution in [3.05, 3.63) is 0 Å². The molecule has 1 rings (SSSR count). The van der Waals surface area contributed by atoms with Gasteiger partial charge in [-0.2, -0.15) is 0 Å². The van der Waals surface area contributed by atoms with E-state index in [0.717, 1.165) is 25.6 Å². The zero-order valence-electron chi connectivity index (χ0n) is 9.70. The molecule has 1 aliphatic rings. The molecule has 1 fully saturated rings. The van der Waals surface area contributed by atoms with Gasteiger partial charge in [0.25, 0.3) is 0 Å². The highest BCUT2D eigenvalue weighted by atomic mass is 16.5. The van der Waals surface area contributed by atoms with Gasteiger partial charge in [0.05, 0.1) is 12.7 Å². The first-order valence-corrected chi connectivity index (χ1v) is 5.71. The molecule has 0 aliphatic carbocycles. The van der Waals surface area contributed by atoms with Crippen molar-refractivity contribution in [1.29, 1.82) is 0 Å². The number of ether oxygens (including phenoxy) is 1. The number of nitrogens with zero attached hydrogens (tertiary/aromatic N) is 1. The third kappa shape index (κ3) is 3.23. The third-order valence-corrected chi connectivity index (χ3v) is 3.07. The molecule has 0 spiro atoms. The van der Waals surface area contributed by atoms with Crippen molar-refractivity contribution in [1.82, 2.24) is 4.90 Å². The zero-order chi connectivity index (χ0) is 10.6. The van der Waals surface area contributed by atoms with Crippen LogP contribution in [0.25, 0.3) is 0 Å². The van der Waals surface area contributed by atoms with Gasteiger partial charge in [-0.15, -0.1) is 0 Å². The van der Waals surface area contributed by atoms with E-state index in [9.17, 15) is 0 Å². The van der Waals surface area contributed by atoms with E-state index >= 15 is 0 Å². The summed E-state index contributed by atoms with van der Waals surface area (Å²) >= 11 is 0. The summed E-state index contributed by atoms with van der Waals surface area (Å²) < 4.78 is 5.55. The van der Waals surface area contributed by atoms with E-state index in [0.29, 0.717) is 12.1 Å². The van der Waals surface area contributed by atoms with Gasteiger partial charge in [-0.05, 0) is 32.7 Å². The first kappa shape index (κ1) is 12.0. The number of hydrogen-bond acceptors (Lipinski definition) is 3. The Hall–Kier alpha value is -0.120. The largest absolute Gasteiger partial charge is 0.377 e. The normalized spacial score (nSPS) is 28.9. The number of likely N-dealkylation sites (tertiary alicyclic amines) is 1. The quantitative estimate of drug-likeness (QED) is 0.722. The molecule has 0 aromatic heterocycles. The van der Waals surface area contributed by atoms with Crippen LogP contribution in [0.1, 0.15) is 27.2 Å². The van der Waals surface area contributed by atoms with Crippen molar-refractivity contribution < 1.29 is 4.74 Å². The van der Waals surface area contributed by atoms with Crippen LogP contribution in [0.2, 0.25) is 0 Å². The van der Waals surface area contributed by atoms with Crippen LogP contribution in [0.3, 0.4) is 0 Å². The standard InChI is InChI=1S/C11H24N2O/c1-9(2)14-7-6-13-5-4-10(3)11(13)8-12/h9-11H,4-8,12H2,1-3H3. The van der Waals surface area contributed by atoms with Crippen molar-refractivity contribution in [2.24, 2.45) is 11.7 Å². The summed E-state index contributed by atoms with van der Waals surface area (Å²) in [6, 6.07) is 0.575. The molecule has 2 unspecified atom stereocenters. The van der Waals surface area contributed by atoms with Gasteiger partial charge in [-0.3, -0.25) is 4.90 Å². The van der Waals surface area contributed by atoms with Gasteiger partial charge in [0, 0.05) is 19.1 Å². The minimum atomic E-state index is 0.339. The lowest BCUT2D eigenvalue weighted by atomic mass is 10.0. The predicted molar refractivity (Wildman–Crippen MR) is 59.3 cm³/mol. The fraction of sp³-hybridized carbons (Fsp3) is 1.00. The maximum atomic E-state index is 5.76. The first-order chi connectivity index (χ1) is 6.65. The molecule has 3 heteroatoms. The van der Waals surface area contributed by atoms with Crippen LogP contribution < -0.4 is 5.73 Å². The molecular weight excluding hydrogens is 176 g/mol. The lowest BCUT2D eigenvalue weighted by Gasteiger charge is -2.25. The fourth-order valence-electron chi connectivity index (χ4n) is 2.15. The minimum Gasteiger partial charge on any atom is -0.377 e. The summed E-state index contributed by atoms with van der Waals surface area (Å²) in [5, 5.41) is 0. The smallest absolute Gasteiger partial charge is 0.0597 e. The Morgan fingerprint density at radius 2 is 2.21 bits per heavy atom. The molecular formula is C11H24N2O. The van der Waals surface area contributed by atoms with Gasteiger partial charge in [0.15, 0.2) is 0 Å². The van der Waals surface area contributed by atoms with Crippen molar-refractivity contribution >= 4 is 0 Å². The van der Waals surface area contributed by atoms with Crippen LogP contribution in [0.4, 0.5) is 0 Å². The van der Waals surface area contributed by atoms with Crippen LogP contribution in [0.15, 0.2) is 0 Å². The highest BCUT2D eigenvalue weighted by Gasteiger charge is 2.29. The van der Waals surface area contributed by atoms with E-state index in [2.05, 4.69) is 25.7 Å². The molecule has 0 aromatic rings. The second-order valence-electron chi connectivity index (χ2n) is 4.52. The molecule has 1 aliphatic heterocycles. The molecule has 1 saturated heterocycles. The summed E-state index contributed by atoms with van der Waals surface area (Å²) in [5.74, 6) is 0.749. The Kier molecular flexibility index (Phi) is 4.85. The van der Waals surface area contributed by atoms with E-state index in [1.165, 1.54) is 13.0 Å². The molecule has 84 valence electrons. The molecule has 2 N–H and O–H groups in total. The van der Waals surface area contributed by atoms with Crippen molar-refractivity contribution in [3.63, 3.8) is 0 Å². The van der Waals surface area contributed by atoms with Gasteiger partial charge in [0.1, 0.15) is 0 Å². The number of hydrogen-bond donors (Lipinski definition) is 1. The van der Waals surface area contributed by atoms with Crippen molar-refractivity contribution in [3.8, 4) is 0 Å². The van der Waals surface area contributed by atoms with Gasteiger partial charge >= 0.3 is 0 Å². The van der Waals surface area contributed by atoms with E-state index < -0.39 is 0 Å². The molecule has 0 bridgehead atoms. The molecule has 3 nitrogen and oxygen atoms in total. The third-order valence-electron chi connectivity index (χ3n) is 3.07. The zero-order valence-corrected chi connectivity index (χ0v) is 9.70. The Morgan fingerprint density at radius 1 is 1.50 bits per heavy atom. The maximum absolute atomic E-state index is 5.76. The summed E-state index contributed by atoms with van der Waals surface area (Å²) in [4.78, 5) is 2.47. The second kappa shape index (κ2) is 5.69. The lowest BCUT2D eigenvalue weighted by molar-refractivity contribution is 0.0554. The van der Waals surface area contributed by atoms with Gasteiger partial charge in [-0.1, -0.05) is 6.92 Å². The van der Waals surface area contributed by atoms with Crippen LogP contribution in [-0.2, 0) is 4.74 Å². The first-order valence-electron chi connectivity index (χ1n) is 5.71. The predicted octanol–water partition coefficient (Wildman–Crippen LogP) is 1.08. The van der Waals surface area contributed by atoms with Crippen LogP contribution in [-0.4, -0.2) is 43.3 Å². The van der Waals surface area contributed by atoms with Gasteiger partial charge < -0.3 is 10.5 Å². The van der Waals surface area contributed by atoms with E-state index in [1.54, 1.807) is 0 Å². The summed E-state index contributed by atoms with van der Waals surface area (Å²) in [6.45, 7) is 10.3. The Morgan fingerprint density at radius 3 is 2.79 bits per heavy atom. The van der Waals surface area contributed by atoms with E-state index in [1.807, 2.05) is 0 Å². The Balaban J connectivity index is 2.23. The highest BCUT2D eigenvalue weighted by Crippen LogP contribution is 2.22. The fourth-order valence-corrected chi connectivity index (χ4v) is 2.15. The number of rotatable bonds is 5. The Bertz CT molecular complexity index is 161. The second-order valence-corrected chi connectivity index (χ2v) is 4.52. The molecule has 1 heterocycles. The van der Waals surface area contributed by atoms with Gasteiger partial charge in [0.2, 0.25) is 0 Å². The van der Waals surface area contributed by atoms with Crippen LogP contribution in [0.5, 0.6) is 0 Å². The van der Waals surface area contributed by atoms with E-state index in [-0.39, 0.29) is 0 Å². The van der Waals surface area contributed by atoms with Crippen LogP contribution >= 0.6 is 0 Å². The monoisotopic (exact) mass is 200 g/mol. The average molecular weight is 200 g/mol. The Labute approximate surface area is 87.6 Å². The van der Waals surface area contributed by atoms with E-state index in [4.69, 9.17) is 10.5 Å². The summed E-state index contributed by atoms with van der Waals surface area (Å²) in [6.07, 6.45) is 1.62. The SMILES string of the molecule is CC(C)OCCN1CCC(C)C1CN. The molecule has 0 saturated carbocycles. The van der Waals surface area contributed by atoms with Crippen LogP contribution in [0, 0.1) is 5.92 Å². The van der Waals surface area contributed by atoms with Crippen molar-refractivity contribution in [2.45, 2.75) is 39.3 Å². The topological polar surface area (TPSA) is 38.5 Å². The highest BCUT2D eigenvalue weighted by molar-refractivity contribution is 4.84. The molecule has 0 radical (unpaired) electrons. The molecule has 0 amide bonds. The summed E-state index contributed by atoms with van der Waals surface area (Å²) in [5.41, 5.74) is 5.76. The van der Waals surface area contributed by atoms with Crippen molar-refractivity contribution in [2.75, 3.05) is 26.2 Å². The molecule has 14 heavy (non-hydrogen) atoms. The molecule has 2 atom stereocenters. The lowest BCUT2D eigenvalue weighted by Crippen LogP contribution is -2.40. The molecule has 0 aromatic carbocycles. The average Bonchev–Trinajstić information content (AvgIpc) is 2.46. The van der Waals surface area contributed by atoms with Gasteiger partial charge in [-0.25, -0.2) is 0 Å². The minimum absolute atomic E-state index is 0.339. The number of nitrogens with two attached hydrogens (primary N) is 1. The summed E-state index contributed by atoms with van der Waals surface area (Å²) in [7, 11) is 0.